The number of hydrogen-bond acceptors (Lipinski definition) is 3. The minimum Gasteiger partial charge on any atom is -0.211 e. The third-order valence-electron chi connectivity index (χ3n) is 1.56. The van der Waals surface area contributed by atoms with Crippen LogP contribution in [0.3, 0.4) is 0 Å². The number of nitriles is 1. The Morgan fingerprint density at radius 2 is 2.29 bits per heavy atom. The molecule has 0 aliphatic rings. The summed E-state index contributed by atoms with van der Waals surface area (Å²) in [4.78, 5) is 13.2. The standard InChI is InChI=1S/C9H4ClFN2O/c10-8-3-6(11)1-2-7(8)9(4-12)13-5-14/h1-3,9H. The van der Waals surface area contributed by atoms with Gasteiger partial charge in [0.2, 0.25) is 6.08 Å². The fourth-order valence-electron chi connectivity index (χ4n) is 0.944. The summed E-state index contributed by atoms with van der Waals surface area (Å²) in [6.45, 7) is 0. The Hall–Kier alpha value is -1.69. The summed E-state index contributed by atoms with van der Waals surface area (Å²) in [5.74, 6) is -0.509. The van der Waals surface area contributed by atoms with Crippen LogP contribution in [-0.4, -0.2) is 6.08 Å². The van der Waals surface area contributed by atoms with Crippen LogP contribution >= 0.6 is 11.6 Å². The molecule has 0 aliphatic carbocycles. The average Bonchev–Trinajstić information content (AvgIpc) is 2.15. The quantitative estimate of drug-likeness (QED) is 0.556. The molecule has 0 saturated carbocycles. The van der Waals surface area contributed by atoms with Crippen LogP contribution in [0.15, 0.2) is 23.2 Å². The van der Waals surface area contributed by atoms with Gasteiger partial charge in [-0.15, -0.1) is 0 Å². The summed E-state index contributed by atoms with van der Waals surface area (Å²) < 4.78 is 12.6. The Kier molecular flexibility index (Phi) is 3.35. The largest absolute Gasteiger partial charge is 0.236 e. The predicted molar refractivity (Wildman–Crippen MR) is 47.9 cm³/mol. The minimum absolute atomic E-state index is 0.0653. The summed E-state index contributed by atoms with van der Waals surface area (Å²) in [6, 6.07) is 4.23. The summed E-state index contributed by atoms with van der Waals surface area (Å²) in [5.41, 5.74) is 0.291. The fourth-order valence-corrected chi connectivity index (χ4v) is 1.21. The zero-order valence-electron chi connectivity index (χ0n) is 6.87. The highest BCUT2D eigenvalue weighted by Gasteiger charge is 2.12. The molecule has 0 amide bonds. The topological polar surface area (TPSA) is 53.2 Å². The highest BCUT2D eigenvalue weighted by molar-refractivity contribution is 6.31. The molecule has 5 heteroatoms. The molecule has 0 N–H and O–H groups in total. The molecule has 0 aromatic heterocycles. The first kappa shape index (κ1) is 10.4. The molecule has 0 bridgehead atoms. The van der Waals surface area contributed by atoms with Crippen molar-refractivity contribution in [1.82, 2.24) is 0 Å². The summed E-state index contributed by atoms with van der Waals surface area (Å²) >= 11 is 5.66. The van der Waals surface area contributed by atoms with Crippen LogP contribution < -0.4 is 0 Å². The van der Waals surface area contributed by atoms with Gasteiger partial charge >= 0.3 is 0 Å². The number of carbonyl (C=O) groups excluding carboxylic acids is 1. The van der Waals surface area contributed by atoms with Gasteiger partial charge in [-0.1, -0.05) is 17.7 Å². The number of isocyanates is 1. The van der Waals surface area contributed by atoms with Gasteiger partial charge in [0.15, 0.2) is 6.04 Å². The normalized spacial score (nSPS) is 11.2. The van der Waals surface area contributed by atoms with Gasteiger partial charge in [-0.05, 0) is 12.1 Å². The maximum absolute atomic E-state index is 12.6. The van der Waals surface area contributed by atoms with Crippen molar-refractivity contribution in [1.29, 1.82) is 5.26 Å². The van der Waals surface area contributed by atoms with Crippen molar-refractivity contribution in [3.05, 3.63) is 34.6 Å². The van der Waals surface area contributed by atoms with Gasteiger partial charge in [-0.2, -0.15) is 10.3 Å². The molecule has 1 atom stereocenters. The Balaban J connectivity index is 3.18. The predicted octanol–water partition coefficient (Wildman–Crippen LogP) is 2.38. The number of rotatable bonds is 2. The van der Waals surface area contributed by atoms with E-state index in [0.717, 1.165) is 12.1 Å². The second kappa shape index (κ2) is 4.52. The van der Waals surface area contributed by atoms with Crippen molar-refractivity contribution in [3.8, 4) is 6.07 Å². The zero-order valence-corrected chi connectivity index (χ0v) is 7.62. The lowest BCUT2D eigenvalue weighted by molar-refractivity contribution is 0.561. The number of nitrogens with zero attached hydrogens (tertiary/aromatic N) is 2. The first-order chi connectivity index (χ1) is 6.69. The van der Waals surface area contributed by atoms with E-state index in [0.29, 0.717) is 5.56 Å². The van der Waals surface area contributed by atoms with Gasteiger partial charge in [0.25, 0.3) is 0 Å². The summed E-state index contributed by atoms with van der Waals surface area (Å²) in [5, 5.41) is 8.69. The smallest absolute Gasteiger partial charge is 0.211 e. The molecule has 1 rings (SSSR count). The second-order valence-corrected chi connectivity index (χ2v) is 2.83. The molecule has 0 heterocycles. The third-order valence-corrected chi connectivity index (χ3v) is 1.89. The van der Waals surface area contributed by atoms with Crippen LogP contribution in [0.25, 0.3) is 0 Å². The molecule has 0 spiro atoms. The molecule has 1 aromatic carbocycles. The molecule has 70 valence electrons. The number of benzene rings is 1. The fraction of sp³-hybridized carbons (Fsp3) is 0.111. The van der Waals surface area contributed by atoms with Crippen molar-refractivity contribution in [2.45, 2.75) is 6.04 Å². The van der Waals surface area contributed by atoms with Gasteiger partial charge in [-0.3, -0.25) is 0 Å². The maximum atomic E-state index is 12.6. The molecule has 0 fully saturated rings. The van der Waals surface area contributed by atoms with Crippen LogP contribution in [0.5, 0.6) is 0 Å². The Bertz CT molecular complexity index is 435. The Morgan fingerprint density at radius 1 is 1.57 bits per heavy atom. The van der Waals surface area contributed by atoms with E-state index < -0.39 is 11.9 Å². The van der Waals surface area contributed by atoms with Crippen LogP contribution in [-0.2, 0) is 4.79 Å². The van der Waals surface area contributed by atoms with E-state index in [9.17, 15) is 9.18 Å². The van der Waals surface area contributed by atoms with E-state index in [1.54, 1.807) is 6.07 Å². The molecule has 1 aromatic rings. The molecular formula is C9H4ClFN2O. The van der Waals surface area contributed by atoms with E-state index in [1.165, 1.54) is 12.1 Å². The maximum Gasteiger partial charge on any atom is 0.236 e. The molecule has 0 radical (unpaired) electrons. The second-order valence-electron chi connectivity index (χ2n) is 2.42. The van der Waals surface area contributed by atoms with Crippen LogP contribution in [0.2, 0.25) is 5.02 Å². The average molecular weight is 211 g/mol. The van der Waals surface area contributed by atoms with Gasteiger partial charge in [0.1, 0.15) is 5.82 Å². The number of hydrogen-bond donors (Lipinski definition) is 0. The SMILES string of the molecule is N#CC(N=C=O)c1ccc(F)cc1Cl. The summed E-state index contributed by atoms with van der Waals surface area (Å²) in [6.07, 6.45) is 1.26. The molecule has 0 saturated heterocycles. The van der Waals surface area contributed by atoms with E-state index in [-0.39, 0.29) is 5.02 Å². The zero-order chi connectivity index (χ0) is 10.6. The van der Waals surface area contributed by atoms with Crippen molar-refractivity contribution < 1.29 is 9.18 Å². The minimum atomic E-state index is -1.03. The van der Waals surface area contributed by atoms with Crippen molar-refractivity contribution in [2.24, 2.45) is 4.99 Å². The first-order valence-corrected chi connectivity index (χ1v) is 3.98. The number of aliphatic imine (C=N–C) groups is 1. The Labute approximate surface area is 84.4 Å². The van der Waals surface area contributed by atoms with Gasteiger partial charge in [0, 0.05) is 10.6 Å². The van der Waals surface area contributed by atoms with Gasteiger partial charge < -0.3 is 0 Å². The highest BCUT2D eigenvalue weighted by Crippen LogP contribution is 2.25. The molecule has 14 heavy (non-hydrogen) atoms. The van der Waals surface area contributed by atoms with Crippen LogP contribution in [0, 0.1) is 17.1 Å². The molecule has 3 nitrogen and oxygen atoms in total. The van der Waals surface area contributed by atoms with E-state index in [1.807, 2.05) is 0 Å². The van der Waals surface area contributed by atoms with Crippen molar-refractivity contribution in [3.63, 3.8) is 0 Å². The van der Waals surface area contributed by atoms with Crippen LogP contribution in [0.1, 0.15) is 11.6 Å². The highest BCUT2D eigenvalue weighted by atomic mass is 35.5. The first-order valence-electron chi connectivity index (χ1n) is 3.60. The molecule has 0 aliphatic heterocycles. The lowest BCUT2D eigenvalue weighted by Gasteiger charge is -2.04. The number of halogens is 2. The van der Waals surface area contributed by atoms with E-state index >= 15 is 0 Å². The van der Waals surface area contributed by atoms with Crippen molar-refractivity contribution in [2.75, 3.05) is 0 Å². The Morgan fingerprint density at radius 3 is 2.79 bits per heavy atom. The lowest BCUT2D eigenvalue weighted by atomic mass is 10.1. The van der Waals surface area contributed by atoms with Gasteiger partial charge in [-0.25, -0.2) is 9.18 Å². The van der Waals surface area contributed by atoms with E-state index in [2.05, 4.69) is 4.99 Å². The molecule has 1 unspecified atom stereocenters. The van der Waals surface area contributed by atoms with Crippen molar-refractivity contribution >= 4 is 17.7 Å². The third kappa shape index (κ3) is 2.17. The molecular weight excluding hydrogens is 207 g/mol. The van der Waals surface area contributed by atoms with Gasteiger partial charge in [0.05, 0.1) is 6.07 Å². The monoisotopic (exact) mass is 210 g/mol. The van der Waals surface area contributed by atoms with Crippen LogP contribution in [0.4, 0.5) is 4.39 Å². The van der Waals surface area contributed by atoms with E-state index in [4.69, 9.17) is 16.9 Å². The lowest BCUT2D eigenvalue weighted by Crippen LogP contribution is -1.93. The summed E-state index contributed by atoms with van der Waals surface area (Å²) in [7, 11) is 0.